The quantitative estimate of drug-likeness (QED) is 0.446. The second-order valence-electron chi connectivity index (χ2n) is 7.66. The van der Waals surface area contributed by atoms with Gasteiger partial charge in [-0.15, -0.1) is 15.9 Å². The van der Waals surface area contributed by atoms with E-state index in [0.717, 1.165) is 16.7 Å². The van der Waals surface area contributed by atoms with E-state index in [9.17, 15) is 0 Å². The van der Waals surface area contributed by atoms with Crippen LogP contribution in [0.2, 0.25) is 0 Å². The molecule has 0 amide bonds. The van der Waals surface area contributed by atoms with Crippen molar-refractivity contribution in [3.63, 3.8) is 0 Å². The third kappa shape index (κ3) is 4.97. The summed E-state index contributed by atoms with van der Waals surface area (Å²) in [6, 6.07) is 8.15. The van der Waals surface area contributed by atoms with Gasteiger partial charge >= 0.3 is 0 Å². The molecule has 0 bridgehead atoms. The van der Waals surface area contributed by atoms with Crippen molar-refractivity contribution in [2.75, 3.05) is 0 Å². The average Bonchev–Trinajstić information content (AvgIpc) is 2.97. The molecule has 3 heteroatoms. The fourth-order valence-corrected chi connectivity index (χ4v) is 2.97. The number of allylic oxidation sites excluding steroid dienone is 9. The Morgan fingerprint density at radius 3 is 2.54 bits per heavy atom. The highest BCUT2D eigenvalue weighted by molar-refractivity contribution is 5.77. The van der Waals surface area contributed by atoms with E-state index in [1.54, 1.807) is 0 Å². The lowest BCUT2D eigenvalue weighted by atomic mass is 9.86. The summed E-state index contributed by atoms with van der Waals surface area (Å²) in [4.78, 5) is 0. The van der Waals surface area contributed by atoms with E-state index in [1.807, 2.05) is 36.4 Å². The molecule has 0 saturated carbocycles. The zero-order valence-electron chi connectivity index (χ0n) is 16.9. The minimum absolute atomic E-state index is 0.126. The fourth-order valence-electron chi connectivity index (χ4n) is 2.97. The third-order valence-corrected chi connectivity index (χ3v) is 4.53. The molecule has 1 heterocycles. The van der Waals surface area contributed by atoms with Gasteiger partial charge in [0.15, 0.2) is 0 Å². The molecular formula is C25H26N2O. The van der Waals surface area contributed by atoms with Crippen LogP contribution in [0.25, 0.3) is 17.0 Å². The Morgan fingerprint density at radius 2 is 1.82 bits per heavy atom. The summed E-state index contributed by atoms with van der Waals surface area (Å²) in [6.07, 6.45) is 16.9. The van der Waals surface area contributed by atoms with Gasteiger partial charge in [-0.1, -0.05) is 63.3 Å². The number of hydrogen-bond donors (Lipinski definition) is 0. The molecule has 0 saturated heterocycles. The van der Waals surface area contributed by atoms with Gasteiger partial charge in [0.05, 0.1) is 0 Å². The van der Waals surface area contributed by atoms with Crippen LogP contribution >= 0.6 is 0 Å². The summed E-state index contributed by atoms with van der Waals surface area (Å²) in [5.41, 5.74) is 7.68. The van der Waals surface area contributed by atoms with E-state index in [-0.39, 0.29) is 5.41 Å². The van der Waals surface area contributed by atoms with Gasteiger partial charge in [-0.2, -0.15) is 0 Å². The van der Waals surface area contributed by atoms with E-state index < -0.39 is 0 Å². The van der Waals surface area contributed by atoms with Crippen molar-refractivity contribution in [3.05, 3.63) is 95.6 Å². The molecule has 0 fully saturated rings. The predicted molar refractivity (Wildman–Crippen MR) is 116 cm³/mol. The molecule has 142 valence electrons. The highest BCUT2D eigenvalue weighted by Crippen LogP contribution is 2.26. The minimum atomic E-state index is 0.126. The van der Waals surface area contributed by atoms with Crippen molar-refractivity contribution in [2.45, 2.75) is 34.1 Å². The summed E-state index contributed by atoms with van der Waals surface area (Å²) in [7, 11) is 0. The predicted octanol–water partition coefficient (Wildman–Crippen LogP) is 6.49. The van der Waals surface area contributed by atoms with Crippen LogP contribution in [0.4, 0.5) is 0 Å². The SMILES string of the molecule is C/C=C(\C=C/Cc1nnc(-c2ccc(C3=CC=C=CC=C3)cc2)o1)C(C)(C)C. The monoisotopic (exact) mass is 370 g/mol. The summed E-state index contributed by atoms with van der Waals surface area (Å²) in [5, 5.41) is 8.37. The van der Waals surface area contributed by atoms with Gasteiger partial charge in [-0.25, -0.2) is 0 Å². The van der Waals surface area contributed by atoms with Gasteiger partial charge in [0, 0.05) is 12.0 Å². The zero-order chi connectivity index (χ0) is 20.0. The molecule has 1 aromatic heterocycles. The molecule has 0 atom stereocenters. The van der Waals surface area contributed by atoms with Crippen LogP contribution in [0.15, 0.2) is 88.6 Å². The van der Waals surface area contributed by atoms with Gasteiger partial charge < -0.3 is 4.42 Å². The first-order chi connectivity index (χ1) is 13.5. The summed E-state index contributed by atoms with van der Waals surface area (Å²) >= 11 is 0. The molecule has 28 heavy (non-hydrogen) atoms. The molecule has 3 rings (SSSR count). The van der Waals surface area contributed by atoms with Gasteiger partial charge in [-0.3, -0.25) is 0 Å². The van der Waals surface area contributed by atoms with Crippen LogP contribution in [-0.2, 0) is 6.42 Å². The number of rotatable bonds is 5. The maximum atomic E-state index is 5.83. The van der Waals surface area contributed by atoms with Gasteiger partial charge in [-0.05, 0) is 59.4 Å². The maximum Gasteiger partial charge on any atom is 0.247 e. The van der Waals surface area contributed by atoms with Gasteiger partial charge in [0.1, 0.15) is 0 Å². The summed E-state index contributed by atoms with van der Waals surface area (Å²) < 4.78 is 5.83. The van der Waals surface area contributed by atoms with Gasteiger partial charge in [0.2, 0.25) is 11.8 Å². The minimum Gasteiger partial charge on any atom is -0.420 e. The zero-order valence-corrected chi connectivity index (χ0v) is 16.9. The molecule has 2 aromatic rings. The Bertz CT molecular complexity index is 1000. The molecule has 1 aliphatic carbocycles. The van der Waals surface area contributed by atoms with Crippen molar-refractivity contribution < 1.29 is 4.42 Å². The van der Waals surface area contributed by atoms with Crippen molar-refractivity contribution in [3.8, 4) is 11.5 Å². The standard InChI is InChI=1S/C25H26N2O/c1-5-22(25(2,3)4)13-10-14-23-26-27-24(28-23)21-17-15-20(16-18-21)19-11-8-6-7-9-12-19/h5-6,8-13,15-18H,14H2,1-4H3/b13-10-,22-5+. The highest BCUT2D eigenvalue weighted by atomic mass is 16.4. The number of nitrogens with zero attached hydrogens (tertiary/aromatic N) is 2. The Balaban J connectivity index is 1.69. The Hall–Kier alpha value is -3.16. The topological polar surface area (TPSA) is 38.9 Å². The highest BCUT2D eigenvalue weighted by Gasteiger charge is 2.13. The second kappa shape index (κ2) is 8.69. The first kappa shape index (κ1) is 19.6. The molecule has 0 N–H and O–H groups in total. The smallest absolute Gasteiger partial charge is 0.247 e. The Kier molecular flexibility index (Phi) is 6.08. The molecule has 0 spiro atoms. The molecular weight excluding hydrogens is 344 g/mol. The molecule has 3 nitrogen and oxygen atoms in total. The summed E-state index contributed by atoms with van der Waals surface area (Å²) in [5.74, 6) is 1.16. The van der Waals surface area contributed by atoms with Crippen LogP contribution in [0, 0.1) is 5.41 Å². The van der Waals surface area contributed by atoms with Crippen LogP contribution in [-0.4, -0.2) is 10.2 Å². The lowest BCUT2D eigenvalue weighted by Gasteiger charge is -2.19. The first-order valence-corrected chi connectivity index (χ1v) is 9.53. The lowest BCUT2D eigenvalue weighted by Crippen LogP contribution is -2.07. The van der Waals surface area contributed by atoms with Crippen molar-refractivity contribution >= 4 is 5.57 Å². The lowest BCUT2D eigenvalue weighted by molar-refractivity contribution is 0.512. The number of hydrogen-bond acceptors (Lipinski definition) is 3. The Labute approximate surface area is 167 Å². The Morgan fingerprint density at radius 1 is 1.07 bits per heavy atom. The molecule has 0 aliphatic heterocycles. The van der Waals surface area contributed by atoms with E-state index in [0.29, 0.717) is 18.2 Å². The van der Waals surface area contributed by atoms with Crippen LogP contribution in [0.3, 0.4) is 0 Å². The largest absolute Gasteiger partial charge is 0.420 e. The molecule has 0 radical (unpaired) electrons. The fraction of sp³-hybridized carbons (Fsp3) is 0.240. The van der Waals surface area contributed by atoms with Crippen molar-refractivity contribution in [2.24, 2.45) is 5.41 Å². The van der Waals surface area contributed by atoms with E-state index in [1.165, 1.54) is 5.57 Å². The normalized spacial score (nSPS) is 14.6. The van der Waals surface area contributed by atoms with E-state index in [2.05, 4.69) is 80.1 Å². The van der Waals surface area contributed by atoms with Crippen LogP contribution in [0.1, 0.15) is 39.1 Å². The van der Waals surface area contributed by atoms with Crippen molar-refractivity contribution in [1.82, 2.24) is 10.2 Å². The average molecular weight is 370 g/mol. The van der Waals surface area contributed by atoms with Crippen LogP contribution < -0.4 is 0 Å². The number of benzene rings is 1. The van der Waals surface area contributed by atoms with Crippen LogP contribution in [0.5, 0.6) is 0 Å². The van der Waals surface area contributed by atoms with E-state index >= 15 is 0 Å². The maximum absolute atomic E-state index is 5.83. The molecule has 1 aromatic carbocycles. The van der Waals surface area contributed by atoms with E-state index in [4.69, 9.17) is 4.42 Å². The van der Waals surface area contributed by atoms with Gasteiger partial charge in [0.25, 0.3) is 0 Å². The van der Waals surface area contributed by atoms with Crippen molar-refractivity contribution in [1.29, 1.82) is 0 Å². The molecule has 1 aliphatic rings. The molecule has 0 unspecified atom stereocenters. The third-order valence-electron chi connectivity index (χ3n) is 4.53. The second-order valence-corrected chi connectivity index (χ2v) is 7.66. The number of aromatic nitrogens is 2. The first-order valence-electron chi connectivity index (χ1n) is 9.53. The summed E-state index contributed by atoms with van der Waals surface area (Å²) in [6.45, 7) is 8.67.